The molecule has 0 aliphatic heterocycles. The van der Waals surface area contributed by atoms with E-state index in [9.17, 15) is 14.4 Å². The van der Waals surface area contributed by atoms with Crippen LogP contribution in [-0.4, -0.2) is 38.0 Å². The van der Waals surface area contributed by atoms with E-state index in [1.807, 2.05) is 0 Å². The SMILES string of the molecule is COc1cc(C(=O)NNC(=O)CCCNC(=O)C2CC2)ccc1OCCC(C)C. The molecular formula is C21H31N3O5. The van der Waals surface area contributed by atoms with Crippen LogP contribution in [0.15, 0.2) is 18.2 Å². The average molecular weight is 405 g/mol. The zero-order chi connectivity index (χ0) is 21.2. The van der Waals surface area contributed by atoms with E-state index in [1.54, 1.807) is 18.2 Å². The maximum atomic E-state index is 12.3. The van der Waals surface area contributed by atoms with E-state index in [1.165, 1.54) is 7.11 Å². The highest BCUT2D eigenvalue weighted by molar-refractivity contribution is 5.96. The molecule has 0 aromatic heterocycles. The third-order valence-corrected chi connectivity index (χ3v) is 4.52. The zero-order valence-electron chi connectivity index (χ0n) is 17.4. The van der Waals surface area contributed by atoms with Crippen molar-refractivity contribution in [2.45, 2.75) is 46.0 Å². The second kappa shape index (κ2) is 11.3. The molecule has 3 amide bonds. The molecule has 160 valence electrons. The Bertz CT molecular complexity index is 716. The molecule has 0 saturated heterocycles. The minimum atomic E-state index is -0.451. The fraction of sp³-hybridized carbons (Fsp3) is 0.571. The van der Waals surface area contributed by atoms with E-state index in [0.29, 0.717) is 42.6 Å². The third-order valence-electron chi connectivity index (χ3n) is 4.52. The van der Waals surface area contributed by atoms with E-state index in [-0.39, 0.29) is 24.2 Å². The zero-order valence-corrected chi connectivity index (χ0v) is 17.4. The number of hydrogen-bond donors (Lipinski definition) is 3. The van der Waals surface area contributed by atoms with Crippen molar-refractivity contribution in [3.05, 3.63) is 23.8 Å². The van der Waals surface area contributed by atoms with E-state index >= 15 is 0 Å². The lowest BCUT2D eigenvalue weighted by molar-refractivity contribution is -0.123. The molecule has 2 rings (SSSR count). The molecule has 1 aromatic carbocycles. The van der Waals surface area contributed by atoms with Crippen molar-refractivity contribution in [1.29, 1.82) is 0 Å². The summed E-state index contributed by atoms with van der Waals surface area (Å²) in [5, 5.41) is 2.80. The van der Waals surface area contributed by atoms with Gasteiger partial charge in [0, 0.05) is 24.4 Å². The Labute approximate surface area is 171 Å². The van der Waals surface area contributed by atoms with Crippen LogP contribution in [0.2, 0.25) is 0 Å². The quantitative estimate of drug-likeness (QED) is 0.387. The molecule has 1 aromatic rings. The second-order valence-corrected chi connectivity index (χ2v) is 7.57. The molecule has 8 nitrogen and oxygen atoms in total. The molecule has 1 aliphatic rings. The number of methoxy groups -OCH3 is 1. The van der Waals surface area contributed by atoms with Gasteiger partial charge in [0.25, 0.3) is 5.91 Å². The predicted molar refractivity (Wildman–Crippen MR) is 109 cm³/mol. The highest BCUT2D eigenvalue weighted by Crippen LogP contribution is 2.29. The minimum Gasteiger partial charge on any atom is -0.493 e. The molecular weight excluding hydrogens is 374 g/mol. The fourth-order valence-corrected chi connectivity index (χ4v) is 2.54. The van der Waals surface area contributed by atoms with E-state index in [2.05, 4.69) is 30.0 Å². The van der Waals surface area contributed by atoms with Crippen molar-refractivity contribution in [1.82, 2.24) is 16.2 Å². The fourth-order valence-electron chi connectivity index (χ4n) is 2.54. The van der Waals surface area contributed by atoms with Gasteiger partial charge in [-0.2, -0.15) is 0 Å². The number of nitrogens with one attached hydrogen (secondary N) is 3. The van der Waals surface area contributed by atoms with Gasteiger partial charge >= 0.3 is 0 Å². The van der Waals surface area contributed by atoms with Gasteiger partial charge in [-0.15, -0.1) is 0 Å². The van der Waals surface area contributed by atoms with E-state index in [4.69, 9.17) is 9.47 Å². The van der Waals surface area contributed by atoms with Crippen molar-refractivity contribution in [3.8, 4) is 11.5 Å². The average Bonchev–Trinajstić information content (AvgIpc) is 3.54. The van der Waals surface area contributed by atoms with Crippen LogP contribution < -0.4 is 25.6 Å². The second-order valence-electron chi connectivity index (χ2n) is 7.57. The van der Waals surface area contributed by atoms with Gasteiger partial charge in [0.2, 0.25) is 11.8 Å². The first-order valence-corrected chi connectivity index (χ1v) is 10.1. The van der Waals surface area contributed by atoms with Crippen LogP contribution in [0.5, 0.6) is 11.5 Å². The lowest BCUT2D eigenvalue weighted by Crippen LogP contribution is -2.41. The molecule has 1 saturated carbocycles. The summed E-state index contributed by atoms with van der Waals surface area (Å²) in [5.41, 5.74) is 5.11. The molecule has 0 bridgehead atoms. The van der Waals surface area contributed by atoms with Crippen molar-refractivity contribution in [2.24, 2.45) is 11.8 Å². The Hall–Kier alpha value is -2.77. The van der Waals surface area contributed by atoms with Crippen LogP contribution in [-0.2, 0) is 9.59 Å². The summed E-state index contributed by atoms with van der Waals surface area (Å²) in [4.78, 5) is 35.6. The number of hydrazine groups is 1. The van der Waals surface area contributed by atoms with Crippen LogP contribution in [0.4, 0.5) is 0 Å². The minimum absolute atomic E-state index is 0.0595. The molecule has 1 fully saturated rings. The Balaban J connectivity index is 1.72. The Morgan fingerprint density at radius 3 is 2.55 bits per heavy atom. The third kappa shape index (κ3) is 8.01. The van der Waals surface area contributed by atoms with Crippen LogP contribution in [0.25, 0.3) is 0 Å². The molecule has 0 spiro atoms. The van der Waals surface area contributed by atoms with Gasteiger partial charge < -0.3 is 14.8 Å². The smallest absolute Gasteiger partial charge is 0.269 e. The van der Waals surface area contributed by atoms with Crippen LogP contribution in [0.3, 0.4) is 0 Å². The van der Waals surface area contributed by atoms with Gasteiger partial charge in [0.05, 0.1) is 13.7 Å². The molecule has 0 radical (unpaired) electrons. The number of benzene rings is 1. The largest absolute Gasteiger partial charge is 0.493 e. The predicted octanol–water partition coefficient (Wildman–Crippen LogP) is 2.19. The lowest BCUT2D eigenvalue weighted by atomic mass is 10.1. The number of carbonyl (C=O) groups excluding carboxylic acids is 3. The van der Waals surface area contributed by atoms with Crippen LogP contribution in [0.1, 0.15) is 56.3 Å². The Morgan fingerprint density at radius 2 is 1.90 bits per heavy atom. The summed E-state index contributed by atoms with van der Waals surface area (Å²) in [6.45, 7) is 5.25. The highest BCUT2D eigenvalue weighted by atomic mass is 16.5. The first-order chi connectivity index (χ1) is 13.9. The summed E-state index contributed by atoms with van der Waals surface area (Å²) in [6.07, 6.45) is 3.54. The maximum Gasteiger partial charge on any atom is 0.269 e. The van der Waals surface area contributed by atoms with E-state index in [0.717, 1.165) is 19.3 Å². The summed E-state index contributed by atoms with van der Waals surface area (Å²) in [7, 11) is 1.51. The van der Waals surface area contributed by atoms with Gasteiger partial charge in [0.15, 0.2) is 11.5 Å². The van der Waals surface area contributed by atoms with E-state index < -0.39 is 5.91 Å². The summed E-state index contributed by atoms with van der Waals surface area (Å²) < 4.78 is 11.0. The van der Waals surface area contributed by atoms with Crippen molar-refractivity contribution in [2.75, 3.05) is 20.3 Å². The van der Waals surface area contributed by atoms with Crippen molar-refractivity contribution >= 4 is 17.7 Å². The van der Waals surface area contributed by atoms with Gasteiger partial charge in [-0.3, -0.25) is 25.2 Å². The standard InChI is InChI=1S/C21H31N3O5/c1-14(2)10-12-29-17-9-8-16(13-18(17)28-3)21(27)24-23-19(25)5-4-11-22-20(26)15-6-7-15/h8-9,13-15H,4-7,10-12H2,1-3H3,(H,22,26)(H,23,25)(H,24,27). The number of rotatable bonds is 11. The normalized spacial score (nSPS) is 13.0. The maximum absolute atomic E-state index is 12.3. The van der Waals surface area contributed by atoms with Crippen molar-refractivity contribution < 1.29 is 23.9 Å². The van der Waals surface area contributed by atoms with Crippen LogP contribution >= 0.6 is 0 Å². The topological polar surface area (TPSA) is 106 Å². The summed E-state index contributed by atoms with van der Waals surface area (Å²) in [6, 6.07) is 4.86. The first-order valence-electron chi connectivity index (χ1n) is 10.1. The molecule has 1 aliphatic carbocycles. The molecule has 0 unspecified atom stereocenters. The Morgan fingerprint density at radius 1 is 1.14 bits per heavy atom. The highest BCUT2D eigenvalue weighted by Gasteiger charge is 2.29. The number of carbonyl (C=O) groups is 3. The molecule has 3 N–H and O–H groups in total. The first kappa shape index (κ1) is 22.5. The van der Waals surface area contributed by atoms with Gasteiger partial charge in [-0.05, 0) is 49.8 Å². The van der Waals surface area contributed by atoms with Gasteiger partial charge in [-0.1, -0.05) is 13.8 Å². The van der Waals surface area contributed by atoms with Crippen molar-refractivity contribution in [3.63, 3.8) is 0 Å². The Kier molecular flexibility index (Phi) is 8.76. The van der Waals surface area contributed by atoms with Gasteiger partial charge in [-0.25, -0.2) is 0 Å². The molecule has 8 heteroatoms. The lowest BCUT2D eigenvalue weighted by Gasteiger charge is -2.13. The molecule has 0 atom stereocenters. The number of ether oxygens (including phenoxy) is 2. The summed E-state index contributed by atoms with van der Waals surface area (Å²) >= 11 is 0. The molecule has 0 heterocycles. The number of amides is 3. The summed E-state index contributed by atoms with van der Waals surface area (Å²) in [5.74, 6) is 1.01. The number of hydrogen-bond acceptors (Lipinski definition) is 5. The van der Waals surface area contributed by atoms with Gasteiger partial charge in [0.1, 0.15) is 0 Å². The van der Waals surface area contributed by atoms with Crippen LogP contribution in [0, 0.1) is 11.8 Å². The monoisotopic (exact) mass is 405 g/mol. The molecule has 29 heavy (non-hydrogen) atoms.